The first-order chi connectivity index (χ1) is 10.3. The molecule has 2 aromatic heterocycles. The summed E-state index contributed by atoms with van der Waals surface area (Å²) >= 11 is 0. The highest BCUT2D eigenvalue weighted by molar-refractivity contribution is 5.89. The summed E-state index contributed by atoms with van der Waals surface area (Å²) in [6, 6.07) is 7.99. The Labute approximate surface area is 123 Å². The maximum atomic E-state index is 5.88. The number of hydrogen-bond acceptors (Lipinski definition) is 4. The van der Waals surface area contributed by atoms with Gasteiger partial charge in [-0.3, -0.25) is 4.68 Å². The van der Waals surface area contributed by atoms with E-state index in [9.17, 15) is 0 Å². The van der Waals surface area contributed by atoms with Crippen LogP contribution in [0.15, 0.2) is 42.9 Å². The van der Waals surface area contributed by atoms with Crippen LogP contribution >= 0.6 is 0 Å². The van der Waals surface area contributed by atoms with Crippen molar-refractivity contribution in [3.8, 4) is 11.6 Å². The smallest absolute Gasteiger partial charge is 0.227 e. The molecule has 3 rings (SSSR count). The van der Waals surface area contributed by atoms with Gasteiger partial charge in [0.1, 0.15) is 0 Å². The molecule has 0 radical (unpaired) electrons. The number of ether oxygens (including phenoxy) is 1. The van der Waals surface area contributed by atoms with Crippen molar-refractivity contribution in [1.29, 1.82) is 0 Å². The van der Waals surface area contributed by atoms with E-state index in [-0.39, 0.29) is 0 Å². The number of hydrogen-bond donors (Lipinski definition) is 1. The van der Waals surface area contributed by atoms with Gasteiger partial charge in [-0.05, 0) is 23.4 Å². The van der Waals surface area contributed by atoms with Gasteiger partial charge in [-0.15, -0.1) is 0 Å². The highest BCUT2D eigenvalue weighted by Crippen LogP contribution is 2.29. The van der Waals surface area contributed by atoms with Crippen molar-refractivity contribution in [1.82, 2.24) is 14.8 Å². The van der Waals surface area contributed by atoms with Gasteiger partial charge in [0, 0.05) is 24.7 Å². The summed E-state index contributed by atoms with van der Waals surface area (Å²) in [7, 11) is 0. The van der Waals surface area contributed by atoms with Crippen molar-refractivity contribution in [2.75, 3.05) is 0 Å². The predicted octanol–water partition coefficient (Wildman–Crippen LogP) is 3.09. The van der Waals surface area contributed by atoms with Crippen LogP contribution in [0.4, 0.5) is 0 Å². The first-order valence-electron chi connectivity index (χ1n) is 7.08. The second kappa shape index (κ2) is 5.93. The second-order valence-corrected chi connectivity index (χ2v) is 4.88. The zero-order valence-electron chi connectivity index (χ0n) is 12.0. The third-order valence-electron chi connectivity index (χ3n) is 3.34. The van der Waals surface area contributed by atoms with Gasteiger partial charge in [0.2, 0.25) is 5.88 Å². The zero-order valence-corrected chi connectivity index (χ0v) is 12.0. The molecular formula is C16H18N4O. The van der Waals surface area contributed by atoms with E-state index in [1.165, 1.54) is 0 Å². The number of nitrogens with two attached hydrogens (primary N) is 1. The number of rotatable bonds is 5. The fourth-order valence-electron chi connectivity index (χ4n) is 2.33. The standard InChI is InChI=1S/C16H18N4O/c1-2-7-20-11-13(10-19-20)21-16-15-6-4-3-5-14(15)12(8-17)9-18-16/h3-6,9-11H,2,7-8,17H2,1H3. The van der Waals surface area contributed by atoms with Crippen molar-refractivity contribution in [2.24, 2.45) is 5.73 Å². The summed E-state index contributed by atoms with van der Waals surface area (Å²) in [5.74, 6) is 1.28. The summed E-state index contributed by atoms with van der Waals surface area (Å²) < 4.78 is 7.75. The molecule has 0 aliphatic heterocycles. The molecule has 0 bridgehead atoms. The molecule has 5 nitrogen and oxygen atoms in total. The minimum Gasteiger partial charge on any atom is -0.435 e. The molecule has 0 saturated carbocycles. The zero-order chi connectivity index (χ0) is 14.7. The summed E-state index contributed by atoms with van der Waals surface area (Å²) in [5.41, 5.74) is 6.77. The highest BCUT2D eigenvalue weighted by atomic mass is 16.5. The number of fused-ring (bicyclic) bond motifs is 1. The van der Waals surface area contributed by atoms with Crippen molar-refractivity contribution >= 4 is 10.8 Å². The molecule has 0 aliphatic rings. The van der Waals surface area contributed by atoms with Gasteiger partial charge >= 0.3 is 0 Å². The van der Waals surface area contributed by atoms with Gasteiger partial charge in [-0.1, -0.05) is 25.1 Å². The van der Waals surface area contributed by atoms with E-state index in [2.05, 4.69) is 17.0 Å². The molecule has 0 fully saturated rings. The lowest BCUT2D eigenvalue weighted by Crippen LogP contribution is -1.99. The van der Waals surface area contributed by atoms with E-state index in [0.29, 0.717) is 18.2 Å². The quantitative estimate of drug-likeness (QED) is 0.781. The fourth-order valence-corrected chi connectivity index (χ4v) is 2.33. The molecule has 21 heavy (non-hydrogen) atoms. The third kappa shape index (κ3) is 2.73. The van der Waals surface area contributed by atoms with Crippen LogP contribution in [0.5, 0.6) is 11.6 Å². The maximum Gasteiger partial charge on any atom is 0.227 e. The van der Waals surface area contributed by atoms with Crippen LogP contribution in [0.3, 0.4) is 0 Å². The van der Waals surface area contributed by atoms with E-state index in [1.54, 1.807) is 12.4 Å². The first-order valence-corrected chi connectivity index (χ1v) is 7.08. The van der Waals surface area contributed by atoms with Crippen molar-refractivity contribution in [3.63, 3.8) is 0 Å². The van der Waals surface area contributed by atoms with Crippen LogP contribution < -0.4 is 10.5 Å². The molecule has 0 aliphatic carbocycles. The minimum atomic E-state index is 0.461. The van der Waals surface area contributed by atoms with Crippen LogP contribution in [0.1, 0.15) is 18.9 Å². The predicted molar refractivity (Wildman–Crippen MR) is 82.2 cm³/mol. The second-order valence-electron chi connectivity index (χ2n) is 4.88. The van der Waals surface area contributed by atoms with Gasteiger partial charge in [-0.2, -0.15) is 5.10 Å². The van der Waals surface area contributed by atoms with E-state index in [4.69, 9.17) is 10.5 Å². The van der Waals surface area contributed by atoms with E-state index in [1.807, 2.05) is 35.1 Å². The highest BCUT2D eigenvalue weighted by Gasteiger charge is 2.09. The van der Waals surface area contributed by atoms with E-state index < -0.39 is 0 Å². The lowest BCUT2D eigenvalue weighted by Gasteiger charge is -2.09. The SMILES string of the molecule is CCCn1cc(Oc2ncc(CN)c3ccccc23)cn1. The largest absolute Gasteiger partial charge is 0.435 e. The molecule has 1 aromatic carbocycles. The Morgan fingerprint density at radius 2 is 2.00 bits per heavy atom. The lowest BCUT2D eigenvalue weighted by atomic mass is 10.1. The number of aromatic nitrogens is 3. The Bertz CT molecular complexity index is 751. The molecule has 2 N–H and O–H groups in total. The number of nitrogens with zero attached hydrogens (tertiary/aromatic N) is 3. The van der Waals surface area contributed by atoms with Crippen molar-refractivity contribution in [3.05, 3.63) is 48.4 Å². The Morgan fingerprint density at radius 3 is 2.76 bits per heavy atom. The third-order valence-corrected chi connectivity index (χ3v) is 3.34. The minimum absolute atomic E-state index is 0.461. The van der Waals surface area contributed by atoms with Crippen LogP contribution in [-0.4, -0.2) is 14.8 Å². The Balaban J connectivity index is 1.96. The van der Waals surface area contributed by atoms with Crippen molar-refractivity contribution < 1.29 is 4.74 Å². The van der Waals surface area contributed by atoms with E-state index >= 15 is 0 Å². The van der Waals surface area contributed by atoms with Crippen LogP contribution in [0, 0.1) is 0 Å². The van der Waals surface area contributed by atoms with Crippen LogP contribution in [0.25, 0.3) is 10.8 Å². The molecule has 0 amide bonds. The van der Waals surface area contributed by atoms with Crippen molar-refractivity contribution in [2.45, 2.75) is 26.4 Å². The number of benzene rings is 1. The topological polar surface area (TPSA) is 66.0 Å². The van der Waals surface area contributed by atoms with Gasteiger partial charge in [-0.25, -0.2) is 4.98 Å². The molecule has 3 aromatic rings. The number of pyridine rings is 1. The molecule has 0 saturated heterocycles. The summed E-state index contributed by atoms with van der Waals surface area (Å²) in [5, 5.41) is 6.30. The Morgan fingerprint density at radius 1 is 1.19 bits per heavy atom. The summed E-state index contributed by atoms with van der Waals surface area (Å²) in [6.07, 6.45) is 6.40. The summed E-state index contributed by atoms with van der Waals surface area (Å²) in [6.45, 7) is 3.45. The maximum absolute atomic E-state index is 5.88. The van der Waals surface area contributed by atoms with Gasteiger partial charge in [0.25, 0.3) is 0 Å². The normalized spacial score (nSPS) is 11.0. The van der Waals surface area contributed by atoms with E-state index in [0.717, 1.165) is 29.3 Å². The Hall–Kier alpha value is -2.40. The molecule has 5 heteroatoms. The Kier molecular flexibility index (Phi) is 3.83. The molecule has 0 unspecified atom stereocenters. The monoisotopic (exact) mass is 282 g/mol. The molecular weight excluding hydrogens is 264 g/mol. The fraction of sp³-hybridized carbons (Fsp3) is 0.250. The van der Waals surface area contributed by atoms with Gasteiger partial charge < -0.3 is 10.5 Å². The first kappa shape index (κ1) is 13.6. The average Bonchev–Trinajstić information content (AvgIpc) is 2.95. The van der Waals surface area contributed by atoms with Crippen LogP contribution in [-0.2, 0) is 13.1 Å². The lowest BCUT2D eigenvalue weighted by molar-refractivity contribution is 0.467. The average molecular weight is 282 g/mol. The van der Waals surface area contributed by atoms with Crippen LogP contribution in [0.2, 0.25) is 0 Å². The molecule has 0 spiro atoms. The molecule has 2 heterocycles. The molecule has 108 valence electrons. The van der Waals surface area contributed by atoms with Gasteiger partial charge in [0.15, 0.2) is 5.75 Å². The van der Waals surface area contributed by atoms with Gasteiger partial charge in [0.05, 0.1) is 12.4 Å². The number of aryl methyl sites for hydroxylation is 1. The molecule has 0 atom stereocenters. The summed E-state index contributed by atoms with van der Waals surface area (Å²) in [4.78, 5) is 4.39.